The van der Waals surface area contributed by atoms with E-state index < -0.39 is 17.3 Å². The molecular weight excluding hydrogens is 396 g/mol. The van der Waals surface area contributed by atoms with Crippen molar-refractivity contribution in [1.82, 2.24) is 9.47 Å². The summed E-state index contributed by atoms with van der Waals surface area (Å²) in [7, 11) is 4.54. The molecule has 0 saturated carbocycles. The fourth-order valence-corrected chi connectivity index (χ4v) is 4.48. The number of fused-ring (bicyclic) bond motifs is 3. The molecule has 0 aliphatic carbocycles. The molecule has 158 valence electrons. The lowest BCUT2D eigenvalue weighted by Gasteiger charge is -2.37. The van der Waals surface area contributed by atoms with Crippen molar-refractivity contribution in [2.45, 2.75) is 18.8 Å². The van der Waals surface area contributed by atoms with E-state index in [0.717, 1.165) is 15.8 Å². The molecule has 1 aromatic heterocycles. The van der Waals surface area contributed by atoms with Gasteiger partial charge in [-0.1, -0.05) is 30.3 Å². The SMILES string of the molecule is COC(=O)c1ccc(C(=O)CC2(C)C(=O)N(C)C(=O)c3c2n(C)c2ccccc32)cc1. The van der Waals surface area contributed by atoms with Crippen LogP contribution in [0.3, 0.4) is 0 Å². The van der Waals surface area contributed by atoms with Crippen molar-refractivity contribution in [2.75, 3.05) is 14.2 Å². The van der Waals surface area contributed by atoms with Crippen LogP contribution in [0.25, 0.3) is 10.9 Å². The van der Waals surface area contributed by atoms with Crippen molar-refractivity contribution in [3.05, 3.63) is 70.9 Å². The number of amides is 2. The topological polar surface area (TPSA) is 85.7 Å². The van der Waals surface area contributed by atoms with Crippen LogP contribution in [0.15, 0.2) is 48.5 Å². The molecule has 0 N–H and O–H groups in total. The molecule has 0 spiro atoms. The Balaban J connectivity index is 1.80. The first-order valence-corrected chi connectivity index (χ1v) is 9.82. The Morgan fingerprint density at radius 2 is 1.58 bits per heavy atom. The number of carbonyl (C=O) groups is 4. The summed E-state index contributed by atoms with van der Waals surface area (Å²) in [5, 5.41) is 0.755. The zero-order valence-electron chi connectivity index (χ0n) is 17.8. The predicted octanol–water partition coefficient (Wildman–Crippen LogP) is 3.11. The van der Waals surface area contributed by atoms with Crippen molar-refractivity contribution in [1.29, 1.82) is 0 Å². The summed E-state index contributed by atoms with van der Waals surface area (Å²) in [4.78, 5) is 52.2. The molecule has 0 fully saturated rings. The Kier molecular flexibility index (Phi) is 4.76. The Bertz CT molecular complexity index is 1250. The van der Waals surface area contributed by atoms with E-state index in [1.165, 1.54) is 26.3 Å². The number of hydrogen-bond acceptors (Lipinski definition) is 5. The maximum atomic E-state index is 13.3. The van der Waals surface area contributed by atoms with E-state index in [0.29, 0.717) is 22.4 Å². The summed E-state index contributed by atoms with van der Waals surface area (Å²) >= 11 is 0. The number of aromatic nitrogens is 1. The largest absolute Gasteiger partial charge is 0.465 e. The highest BCUT2D eigenvalue weighted by Gasteiger charge is 2.50. The lowest BCUT2D eigenvalue weighted by atomic mass is 9.75. The number of hydrogen-bond donors (Lipinski definition) is 0. The highest BCUT2D eigenvalue weighted by molar-refractivity contribution is 6.20. The maximum Gasteiger partial charge on any atom is 0.337 e. The molecule has 31 heavy (non-hydrogen) atoms. The number of rotatable bonds is 4. The van der Waals surface area contributed by atoms with Crippen LogP contribution in [0.5, 0.6) is 0 Å². The quantitative estimate of drug-likeness (QED) is 0.369. The summed E-state index contributed by atoms with van der Waals surface area (Å²) in [6.07, 6.45) is -0.113. The van der Waals surface area contributed by atoms with Gasteiger partial charge < -0.3 is 9.30 Å². The van der Waals surface area contributed by atoms with Crippen LogP contribution in [0.4, 0.5) is 0 Å². The van der Waals surface area contributed by atoms with Crippen LogP contribution in [-0.4, -0.2) is 47.2 Å². The number of Topliss-reactive ketones (excluding diaryl/α,β-unsaturated/α-hetero) is 1. The van der Waals surface area contributed by atoms with Crippen LogP contribution in [0, 0.1) is 0 Å². The molecular formula is C24H22N2O5. The zero-order valence-corrected chi connectivity index (χ0v) is 17.8. The van der Waals surface area contributed by atoms with Crippen molar-refractivity contribution in [3.63, 3.8) is 0 Å². The first-order chi connectivity index (χ1) is 14.7. The van der Waals surface area contributed by atoms with E-state index in [1.807, 2.05) is 28.8 Å². The molecule has 1 aliphatic rings. The molecule has 4 rings (SSSR count). The van der Waals surface area contributed by atoms with Gasteiger partial charge in [-0.25, -0.2) is 4.79 Å². The zero-order chi connectivity index (χ0) is 22.5. The Labute approximate surface area is 179 Å². The van der Waals surface area contributed by atoms with E-state index in [9.17, 15) is 19.2 Å². The Hall–Kier alpha value is -3.74. The van der Waals surface area contributed by atoms with Crippen molar-refractivity contribution in [3.8, 4) is 0 Å². The number of likely N-dealkylation sites (N-methyl/N-ethyl adjacent to an activating group) is 1. The molecule has 3 aromatic rings. The van der Waals surface area contributed by atoms with E-state index in [1.54, 1.807) is 26.1 Å². The number of ketones is 1. The number of methoxy groups -OCH3 is 1. The number of ether oxygens (including phenoxy) is 1. The Morgan fingerprint density at radius 3 is 2.23 bits per heavy atom. The standard InChI is InChI=1S/C24H22N2O5/c1-24(13-18(27)14-9-11-15(12-10-14)22(29)31-4)20-19(21(28)26(3)23(24)30)16-7-5-6-8-17(16)25(20)2/h5-12H,13H2,1-4H3. The molecule has 7 nitrogen and oxygen atoms in total. The van der Waals surface area contributed by atoms with Gasteiger partial charge >= 0.3 is 5.97 Å². The van der Waals surface area contributed by atoms with Crippen LogP contribution >= 0.6 is 0 Å². The summed E-state index contributed by atoms with van der Waals surface area (Å²) in [6.45, 7) is 1.71. The minimum Gasteiger partial charge on any atom is -0.465 e. The lowest BCUT2D eigenvalue weighted by Crippen LogP contribution is -2.52. The third-order valence-electron chi connectivity index (χ3n) is 6.07. The minimum absolute atomic E-state index is 0.113. The first kappa shape index (κ1) is 20.5. The Morgan fingerprint density at radius 1 is 0.968 bits per heavy atom. The molecule has 1 unspecified atom stereocenters. The van der Waals surface area contributed by atoms with Gasteiger partial charge in [-0.2, -0.15) is 0 Å². The molecule has 1 aliphatic heterocycles. The number of imide groups is 1. The van der Waals surface area contributed by atoms with Gasteiger partial charge in [-0.3, -0.25) is 19.3 Å². The summed E-state index contributed by atoms with van der Waals surface area (Å²) in [5.74, 6) is -1.54. The van der Waals surface area contributed by atoms with Crippen LogP contribution < -0.4 is 0 Å². The molecule has 0 bridgehead atoms. The lowest BCUT2D eigenvalue weighted by molar-refractivity contribution is -0.133. The fraction of sp³-hybridized carbons (Fsp3) is 0.250. The van der Waals surface area contributed by atoms with E-state index in [2.05, 4.69) is 4.74 Å². The maximum absolute atomic E-state index is 13.3. The van der Waals surface area contributed by atoms with Gasteiger partial charge in [0.1, 0.15) is 0 Å². The summed E-state index contributed by atoms with van der Waals surface area (Å²) in [5.41, 5.74) is 1.31. The van der Waals surface area contributed by atoms with Crippen LogP contribution in [-0.2, 0) is 22.0 Å². The van der Waals surface area contributed by atoms with E-state index in [4.69, 9.17) is 0 Å². The first-order valence-electron chi connectivity index (χ1n) is 9.82. The summed E-state index contributed by atoms with van der Waals surface area (Å²) < 4.78 is 6.52. The second-order valence-electron chi connectivity index (χ2n) is 7.97. The number of aryl methyl sites for hydroxylation is 1. The van der Waals surface area contributed by atoms with Gasteiger partial charge in [-0.15, -0.1) is 0 Å². The molecule has 2 aromatic carbocycles. The highest BCUT2D eigenvalue weighted by atomic mass is 16.5. The third-order valence-corrected chi connectivity index (χ3v) is 6.07. The molecule has 1 atom stereocenters. The average molecular weight is 418 g/mol. The smallest absolute Gasteiger partial charge is 0.337 e. The van der Waals surface area contributed by atoms with Crippen LogP contribution in [0.2, 0.25) is 0 Å². The van der Waals surface area contributed by atoms with Gasteiger partial charge in [0.25, 0.3) is 5.91 Å². The monoisotopic (exact) mass is 418 g/mol. The molecule has 0 saturated heterocycles. The number of esters is 1. The van der Waals surface area contributed by atoms with Crippen molar-refractivity contribution in [2.24, 2.45) is 7.05 Å². The van der Waals surface area contributed by atoms with Gasteiger partial charge in [-0.05, 0) is 25.1 Å². The second kappa shape index (κ2) is 7.19. The second-order valence-corrected chi connectivity index (χ2v) is 7.97. The molecule has 0 radical (unpaired) electrons. The minimum atomic E-state index is -1.22. The van der Waals surface area contributed by atoms with Gasteiger partial charge in [0.05, 0.1) is 23.7 Å². The van der Waals surface area contributed by atoms with E-state index in [-0.39, 0.29) is 18.1 Å². The third kappa shape index (κ3) is 2.96. The van der Waals surface area contributed by atoms with Gasteiger partial charge in [0.2, 0.25) is 5.91 Å². The number of nitrogens with zero attached hydrogens (tertiary/aromatic N) is 2. The van der Waals surface area contributed by atoms with E-state index >= 15 is 0 Å². The normalized spacial score (nSPS) is 18.3. The molecule has 7 heteroatoms. The number of para-hydroxylation sites is 1. The average Bonchev–Trinajstić information content (AvgIpc) is 3.09. The highest BCUT2D eigenvalue weighted by Crippen LogP contribution is 2.42. The number of benzene rings is 2. The summed E-state index contributed by atoms with van der Waals surface area (Å²) in [6, 6.07) is 13.6. The fourth-order valence-electron chi connectivity index (χ4n) is 4.48. The van der Waals surface area contributed by atoms with Crippen molar-refractivity contribution >= 4 is 34.5 Å². The van der Waals surface area contributed by atoms with Crippen LogP contribution in [0.1, 0.15) is 50.1 Å². The number of carbonyl (C=O) groups excluding carboxylic acids is 4. The van der Waals surface area contributed by atoms with Crippen molar-refractivity contribution < 1.29 is 23.9 Å². The predicted molar refractivity (Wildman–Crippen MR) is 114 cm³/mol. The van der Waals surface area contributed by atoms with Gasteiger partial charge in [0, 0.05) is 42.7 Å². The molecule has 2 heterocycles. The molecule has 2 amide bonds. The van der Waals surface area contributed by atoms with Gasteiger partial charge in [0.15, 0.2) is 5.78 Å².